The predicted octanol–water partition coefficient (Wildman–Crippen LogP) is 4.59. The molecular formula is C24H33F3N4O. The number of hydrogen-bond acceptors (Lipinski definition) is 4. The Hall–Kier alpha value is -2.27. The molecule has 1 amide bonds. The van der Waals surface area contributed by atoms with E-state index in [2.05, 4.69) is 16.3 Å². The van der Waals surface area contributed by atoms with Crippen molar-refractivity contribution in [2.24, 2.45) is 5.92 Å². The van der Waals surface area contributed by atoms with Gasteiger partial charge in [0.05, 0.1) is 11.6 Å². The number of anilines is 1. The van der Waals surface area contributed by atoms with Gasteiger partial charge in [0.25, 0.3) is 0 Å². The second kappa shape index (κ2) is 11.6. The van der Waals surface area contributed by atoms with Gasteiger partial charge in [-0.3, -0.25) is 9.69 Å². The summed E-state index contributed by atoms with van der Waals surface area (Å²) in [6.45, 7) is 4.23. The highest BCUT2D eigenvalue weighted by molar-refractivity contribution is 5.76. The van der Waals surface area contributed by atoms with Crippen LogP contribution < -0.4 is 10.2 Å². The quantitative estimate of drug-likeness (QED) is 0.589. The molecule has 176 valence electrons. The number of unbranched alkanes of at least 4 members (excludes halogenated alkanes) is 1. The summed E-state index contributed by atoms with van der Waals surface area (Å²) in [5, 5.41) is 11.7. The Kier molecular flexibility index (Phi) is 8.80. The number of hydrogen-bond donors (Lipinski definition) is 1. The molecule has 1 N–H and O–H groups in total. The first-order valence-electron chi connectivity index (χ1n) is 11.7. The zero-order valence-corrected chi connectivity index (χ0v) is 18.5. The monoisotopic (exact) mass is 450 g/mol. The first-order valence-corrected chi connectivity index (χ1v) is 11.7. The zero-order valence-electron chi connectivity index (χ0n) is 18.5. The van der Waals surface area contributed by atoms with E-state index in [0.717, 1.165) is 70.9 Å². The van der Waals surface area contributed by atoms with Crippen LogP contribution in [0.1, 0.15) is 56.9 Å². The van der Waals surface area contributed by atoms with Crippen molar-refractivity contribution in [1.82, 2.24) is 10.2 Å². The highest BCUT2D eigenvalue weighted by Gasteiger charge is 2.31. The normalized spacial score (nSPS) is 22.4. The van der Waals surface area contributed by atoms with Gasteiger partial charge in [0, 0.05) is 50.7 Å². The van der Waals surface area contributed by atoms with E-state index in [9.17, 15) is 18.0 Å². The van der Waals surface area contributed by atoms with Gasteiger partial charge in [-0.25, -0.2) is 0 Å². The number of nitrogens with one attached hydrogen (secondary N) is 1. The zero-order chi connectivity index (χ0) is 23.0. The number of alkyl halides is 3. The second-order valence-corrected chi connectivity index (χ2v) is 8.96. The molecule has 0 unspecified atom stereocenters. The number of carbonyl (C=O) groups is 1. The highest BCUT2D eigenvalue weighted by atomic mass is 19.4. The van der Waals surface area contributed by atoms with Crippen molar-refractivity contribution in [3.8, 4) is 6.07 Å². The molecule has 0 bridgehead atoms. The molecule has 1 aromatic rings. The van der Waals surface area contributed by atoms with E-state index in [1.165, 1.54) is 12.1 Å². The number of piperazine rings is 1. The molecule has 1 saturated heterocycles. The smallest absolute Gasteiger partial charge is 0.369 e. The van der Waals surface area contributed by atoms with Crippen LogP contribution >= 0.6 is 0 Å². The minimum atomic E-state index is -4.31. The Morgan fingerprint density at radius 1 is 1.12 bits per heavy atom. The molecular weight excluding hydrogens is 417 g/mol. The van der Waals surface area contributed by atoms with E-state index >= 15 is 0 Å². The molecule has 1 aliphatic carbocycles. The maximum atomic E-state index is 13.0. The van der Waals surface area contributed by atoms with Crippen molar-refractivity contribution in [2.75, 3.05) is 37.6 Å². The molecule has 1 heterocycles. The van der Waals surface area contributed by atoms with Crippen LogP contribution in [0.2, 0.25) is 0 Å². The molecule has 0 radical (unpaired) electrons. The van der Waals surface area contributed by atoms with Crippen LogP contribution in [0.5, 0.6) is 0 Å². The maximum absolute atomic E-state index is 13.0. The lowest BCUT2D eigenvalue weighted by Gasteiger charge is -2.37. The minimum absolute atomic E-state index is 0.0577. The number of nitrogens with zero attached hydrogens (tertiary/aromatic N) is 3. The Balaban J connectivity index is 1.33. The average molecular weight is 451 g/mol. The molecule has 1 aliphatic heterocycles. The average Bonchev–Trinajstić information content (AvgIpc) is 2.79. The molecule has 1 saturated carbocycles. The molecule has 2 fully saturated rings. The molecule has 0 atom stereocenters. The fraction of sp³-hybridized carbons (Fsp3) is 0.667. The van der Waals surface area contributed by atoms with Crippen LogP contribution in [0.3, 0.4) is 0 Å². The van der Waals surface area contributed by atoms with Gasteiger partial charge < -0.3 is 10.2 Å². The third-order valence-electron chi connectivity index (χ3n) is 6.67. The van der Waals surface area contributed by atoms with Crippen molar-refractivity contribution in [3.05, 3.63) is 29.8 Å². The lowest BCUT2D eigenvalue weighted by Crippen LogP contribution is -2.47. The number of benzene rings is 1. The largest absolute Gasteiger partial charge is 0.416 e. The standard InChI is InChI=1S/C24H33F3N4O/c25-24(26,27)20-4-3-5-22(18-20)31-16-14-30(15-17-31)13-11-19-7-9-21(10-8-19)29-23(32)6-1-2-12-28/h3-5,18-19,21H,1-2,6-11,13-17H2,(H,29,32)/t19-,21-. The van der Waals surface area contributed by atoms with Gasteiger partial charge in [0.15, 0.2) is 0 Å². The van der Waals surface area contributed by atoms with Crippen LogP contribution in [-0.4, -0.2) is 49.6 Å². The number of carbonyl (C=O) groups excluding carboxylic acids is 1. The first kappa shape index (κ1) is 24.4. The summed E-state index contributed by atoms with van der Waals surface area (Å²) >= 11 is 0. The summed E-state index contributed by atoms with van der Waals surface area (Å²) in [5.41, 5.74) is 0.0545. The van der Waals surface area contributed by atoms with Crippen LogP contribution in [0.25, 0.3) is 0 Å². The van der Waals surface area contributed by atoms with Crippen molar-refractivity contribution in [1.29, 1.82) is 5.26 Å². The van der Waals surface area contributed by atoms with Gasteiger partial charge in [0.1, 0.15) is 0 Å². The molecule has 2 aliphatic rings. The van der Waals surface area contributed by atoms with Crippen LogP contribution in [0, 0.1) is 17.2 Å². The van der Waals surface area contributed by atoms with E-state index in [-0.39, 0.29) is 11.9 Å². The summed E-state index contributed by atoms with van der Waals surface area (Å²) in [5.74, 6) is 0.727. The summed E-state index contributed by atoms with van der Waals surface area (Å²) in [4.78, 5) is 16.4. The minimum Gasteiger partial charge on any atom is -0.369 e. The van der Waals surface area contributed by atoms with E-state index in [1.54, 1.807) is 6.07 Å². The fourth-order valence-electron chi connectivity index (χ4n) is 4.70. The SMILES string of the molecule is N#CCCCC(=O)N[C@H]1CC[C@H](CCN2CCN(c3cccc(C(F)(F)F)c3)CC2)CC1. The Morgan fingerprint density at radius 2 is 1.84 bits per heavy atom. The molecule has 3 rings (SSSR count). The molecule has 5 nitrogen and oxygen atoms in total. The van der Waals surface area contributed by atoms with Crippen molar-refractivity contribution < 1.29 is 18.0 Å². The Bertz CT molecular complexity index is 776. The number of nitriles is 1. The van der Waals surface area contributed by atoms with Gasteiger partial charge >= 0.3 is 6.18 Å². The lowest BCUT2D eigenvalue weighted by molar-refractivity contribution is -0.137. The molecule has 32 heavy (non-hydrogen) atoms. The third kappa shape index (κ3) is 7.40. The molecule has 0 aromatic heterocycles. The number of rotatable bonds is 8. The van der Waals surface area contributed by atoms with E-state index in [0.29, 0.717) is 30.9 Å². The van der Waals surface area contributed by atoms with E-state index in [4.69, 9.17) is 5.26 Å². The predicted molar refractivity (Wildman–Crippen MR) is 118 cm³/mol. The summed E-state index contributed by atoms with van der Waals surface area (Å²) in [6, 6.07) is 7.93. The van der Waals surface area contributed by atoms with Gasteiger partial charge in [-0.1, -0.05) is 6.07 Å². The van der Waals surface area contributed by atoms with E-state index < -0.39 is 11.7 Å². The van der Waals surface area contributed by atoms with Crippen molar-refractivity contribution >= 4 is 11.6 Å². The maximum Gasteiger partial charge on any atom is 0.416 e. The second-order valence-electron chi connectivity index (χ2n) is 8.96. The topological polar surface area (TPSA) is 59.4 Å². The third-order valence-corrected chi connectivity index (χ3v) is 6.67. The number of amides is 1. The van der Waals surface area contributed by atoms with Crippen molar-refractivity contribution in [3.63, 3.8) is 0 Å². The van der Waals surface area contributed by atoms with Crippen molar-refractivity contribution in [2.45, 2.75) is 63.6 Å². The number of halogens is 3. The van der Waals surface area contributed by atoms with Gasteiger partial charge in [-0.15, -0.1) is 0 Å². The summed E-state index contributed by atoms with van der Waals surface area (Å²) in [7, 11) is 0. The van der Waals surface area contributed by atoms with Crippen LogP contribution in [0.15, 0.2) is 24.3 Å². The molecule has 0 spiro atoms. The van der Waals surface area contributed by atoms with Gasteiger partial charge in [-0.05, 0) is 69.2 Å². The van der Waals surface area contributed by atoms with E-state index in [1.807, 2.05) is 4.90 Å². The fourth-order valence-corrected chi connectivity index (χ4v) is 4.70. The Morgan fingerprint density at radius 3 is 2.50 bits per heavy atom. The Labute approximate surface area is 188 Å². The lowest BCUT2D eigenvalue weighted by atomic mass is 9.84. The van der Waals surface area contributed by atoms with Gasteiger partial charge in [0.2, 0.25) is 5.91 Å². The highest BCUT2D eigenvalue weighted by Crippen LogP contribution is 2.32. The van der Waals surface area contributed by atoms with Crippen LogP contribution in [-0.2, 0) is 11.0 Å². The molecule has 1 aromatic carbocycles. The first-order chi connectivity index (χ1) is 15.3. The molecule has 8 heteroatoms. The summed E-state index contributed by atoms with van der Waals surface area (Å²) < 4.78 is 38.9. The van der Waals surface area contributed by atoms with Gasteiger partial charge in [-0.2, -0.15) is 18.4 Å². The van der Waals surface area contributed by atoms with Crippen LogP contribution in [0.4, 0.5) is 18.9 Å². The summed E-state index contributed by atoms with van der Waals surface area (Å²) in [6.07, 6.45) is 2.56.